The number of carbonyl (C=O) groups is 1. The van der Waals surface area contributed by atoms with Crippen LogP contribution in [0.1, 0.15) is 18.4 Å². The Morgan fingerprint density at radius 1 is 1.00 bits per heavy atom. The Labute approximate surface area is 152 Å². The van der Waals surface area contributed by atoms with E-state index in [0.717, 1.165) is 5.56 Å². The number of Topliss-reactive ketones (excluding diaryl/α,β-unsaturated/α-hetero) is 1. The van der Waals surface area contributed by atoms with Gasteiger partial charge < -0.3 is 8.92 Å². The van der Waals surface area contributed by atoms with Gasteiger partial charge in [0, 0.05) is 18.7 Å². The molecule has 0 spiro atoms. The summed E-state index contributed by atoms with van der Waals surface area (Å²) in [5.41, 5.74) is 0.800. The average Bonchev–Trinajstić information content (AvgIpc) is 2.61. The average molecular weight is 383 g/mol. The Hall–Kier alpha value is -2.05. The molecule has 0 unspecified atom stereocenters. The summed E-state index contributed by atoms with van der Waals surface area (Å²) in [6.07, 6.45) is 1.39. The standard InChI is InChI=1S/C18H19ClO5S/c1-23-16-8-10-18(11-9-16)25(21,22)24-17-6-4-14(5-7-17)13-15(20)3-2-12-19/h4-11H,2-3,12-13H2,1H3. The second-order valence-corrected chi connectivity index (χ2v) is 7.29. The van der Waals surface area contributed by atoms with Gasteiger partial charge in [0.1, 0.15) is 22.2 Å². The van der Waals surface area contributed by atoms with E-state index in [1.54, 1.807) is 24.3 Å². The number of methoxy groups -OCH3 is 1. The van der Waals surface area contributed by atoms with Crippen molar-refractivity contribution in [3.63, 3.8) is 0 Å². The fourth-order valence-corrected chi connectivity index (χ4v) is 3.22. The highest BCUT2D eigenvalue weighted by atomic mass is 35.5. The molecule has 0 atom stereocenters. The molecular weight excluding hydrogens is 364 g/mol. The molecule has 2 aromatic rings. The summed E-state index contributed by atoms with van der Waals surface area (Å²) in [5.74, 6) is 1.30. The van der Waals surface area contributed by atoms with Crippen molar-refractivity contribution < 1.29 is 22.1 Å². The number of ketones is 1. The Bertz CT molecular complexity index is 798. The van der Waals surface area contributed by atoms with Crippen molar-refractivity contribution >= 4 is 27.5 Å². The first-order chi connectivity index (χ1) is 11.9. The second kappa shape index (κ2) is 8.87. The molecule has 0 fully saturated rings. The van der Waals surface area contributed by atoms with Crippen LogP contribution in [0.4, 0.5) is 0 Å². The van der Waals surface area contributed by atoms with Crippen LogP contribution >= 0.6 is 11.6 Å². The van der Waals surface area contributed by atoms with Gasteiger partial charge in [0.2, 0.25) is 0 Å². The van der Waals surface area contributed by atoms with Crippen molar-refractivity contribution in [3.8, 4) is 11.5 Å². The van der Waals surface area contributed by atoms with E-state index >= 15 is 0 Å². The van der Waals surface area contributed by atoms with E-state index in [9.17, 15) is 13.2 Å². The highest BCUT2D eigenvalue weighted by molar-refractivity contribution is 7.87. The molecule has 0 aliphatic heterocycles. The quantitative estimate of drug-likeness (QED) is 0.489. The molecule has 0 saturated heterocycles. The molecule has 0 aromatic heterocycles. The number of halogens is 1. The van der Waals surface area contributed by atoms with Crippen LogP contribution < -0.4 is 8.92 Å². The zero-order valence-corrected chi connectivity index (χ0v) is 15.3. The maximum atomic E-state index is 12.3. The van der Waals surface area contributed by atoms with Crippen molar-refractivity contribution in [1.29, 1.82) is 0 Å². The zero-order valence-electron chi connectivity index (χ0n) is 13.8. The zero-order chi connectivity index (χ0) is 18.3. The van der Waals surface area contributed by atoms with Crippen molar-refractivity contribution in [2.24, 2.45) is 0 Å². The minimum Gasteiger partial charge on any atom is -0.497 e. The third-order valence-electron chi connectivity index (χ3n) is 3.47. The van der Waals surface area contributed by atoms with Crippen molar-refractivity contribution in [2.45, 2.75) is 24.2 Å². The lowest BCUT2D eigenvalue weighted by molar-refractivity contribution is -0.118. The summed E-state index contributed by atoms with van der Waals surface area (Å²) in [4.78, 5) is 11.8. The number of hydrogen-bond donors (Lipinski definition) is 0. The maximum absolute atomic E-state index is 12.3. The highest BCUT2D eigenvalue weighted by Crippen LogP contribution is 2.21. The van der Waals surface area contributed by atoms with Gasteiger partial charge in [-0.2, -0.15) is 8.42 Å². The summed E-state index contributed by atoms with van der Waals surface area (Å²) >= 11 is 5.57. The van der Waals surface area contributed by atoms with Gasteiger partial charge in [-0.25, -0.2) is 0 Å². The van der Waals surface area contributed by atoms with Gasteiger partial charge in [-0.05, 0) is 48.4 Å². The van der Waals surface area contributed by atoms with Gasteiger partial charge in [0.05, 0.1) is 7.11 Å². The third kappa shape index (κ3) is 5.76. The predicted octanol–water partition coefficient (Wildman–Crippen LogP) is 3.59. The summed E-state index contributed by atoms with van der Waals surface area (Å²) < 4.78 is 34.6. The van der Waals surface area contributed by atoms with E-state index in [-0.39, 0.29) is 16.4 Å². The Morgan fingerprint density at radius 3 is 2.16 bits per heavy atom. The first-order valence-electron chi connectivity index (χ1n) is 7.70. The Balaban J connectivity index is 2.03. The van der Waals surface area contributed by atoms with Gasteiger partial charge in [0.15, 0.2) is 0 Å². The van der Waals surface area contributed by atoms with Gasteiger partial charge in [-0.1, -0.05) is 12.1 Å². The normalized spacial score (nSPS) is 11.1. The van der Waals surface area contributed by atoms with Crippen LogP contribution in [0.25, 0.3) is 0 Å². The molecule has 0 aliphatic carbocycles. The number of ether oxygens (including phenoxy) is 1. The van der Waals surface area contributed by atoms with E-state index in [0.29, 0.717) is 30.9 Å². The Kier molecular flexibility index (Phi) is 6.84. The van der Waals surface area contributed by atoms with E-state index in [2.05, 4.69) is 0 Å². The molecule has 0 aliphatic rings. The minimum atomic E-state index is -3.92. The molecule has 2 rings (SSSR count). The molecule has 5 nitrogen and oxygen atoms in total. The fourth-order valence-electron chi connectivity index (χ4n) is 2.16. The topological polar surface area (TPSA) is 69.7 Å². The molecule has 0 bridgehead atoms. The summed E-state index contributed by atoms with van der Waals surface area (Å²) in [6.45, 7) is 0. The first kappa shape index (κ1) is 19.3. The van der Waals surface area contributed by atoms with Crippen LogP contribution in [0, 0.1) is 0 Å². The van der Waals surface area contributed by atoms with Crippen LogP contribution in [0.3, 0.4) is 0 Å². The lowest BCUT2D eigenvalue weighted by Gasteiger charge is -2.08. The highest BCUT2D eigenvalue weighted by Gasteiger charge is 2.16. The monoisotopic (exact) mass is 382 g/mol. The molecule has 0 heterocycles. The second-order valence-electron chi connectivity index (χ2n) is 5.36. The van der Waals surface area contributed by atoms with E-state index < -0.39 is 10.1 Å². The number of hydrogen-bond acceptors (Lipinski definition) is 5. The summed E-state index contributed by atoms with van der Waals surface area (Å²) in [6, 6.07) is 12.3. The van der Waals surface area contributed by atoms with E-state index in [4.69, 9.17) is 20.5 Å². The number of alkyl halides is 1. The van der Waals surface area contributed by atoms with E-state index in [1.165, 1.54) is 31.4 Å². The van der Waals surface area contributed by atoms with Gasteiger partial charge in [0.25, 0.3) is 0 Å². The third-order valence-corrected chi connectivity index (χ3v) is 5.00. The largest absolute Gasteiger partial charge is 0.497 e. The molecular formula is C18H19ClO5S. The molecule has 7 heteroatoms. The van der Waals surface area contributed by atoms with E-state index in [1.807, 2.05) is 0 Å². The first-order valence-corrected chi connectivity index (χ1v) is 9.64. The molecule has 0 radical (unpaired) electrons. The smallest absolute Gasteiger partial charge is 0.339 e. The van der Waals surface area contributed by atoms with Gasteiger partial charge in [-0.15, -0.1) is 11.6 Å². The van der Waals surface area contributed by atoms with Crippen LogP contribution in [0.5, 0.6) is 11.5 Å². The molecule has 0 N–H and O–H groups in total. The lowest BCUT2D eigenvalue weighted by Crippen LogP contribution is -2.09. The SMILES string of the molecule is COc1ccc(S(=O)(=O)Oc2ccc(CC(=O)CCCCl)cc2)cc1. The van der Waals surface area contributed by atoms with Crippen LogP contribution in [0.15, 0.2) is 53.4 Å². The fraction of sp³-hybridized carbons (Fsp3) is 0.278. The number of rotatable bonds is 9. The lowest BCUT2D eigenvalue weighted by atomic mass is 10.1. The van der Waals surface area contributed by atoms with Crippen LogP contribution in [-0.4, -0.2) is 27.2 Å². The van der Waals surface area contributed by atoms with Crippen molar-refractivity contribution in [1.82, 2.24) is 0 Å². The minimum absolute atomic E-state index is 0.0358. The molecule has 0 amide bonds. The molecule has 25 heavy (non-hydrogen) atoms. The molecule has 0 saturated carbocycles. The van der Waals surface area contributed by atoms with Crippen molar-refractivity contribution in [3.05, 3.63) is 54.1 Å². The molecule has 134 valence electrons. The van der Waals surface area contributed by atoms with Crippen LogP contribution in [-0.2, 0) is 21.3 Å². The number of benzene rings is 2. The van der Waals surface area contributed by atoms with Gasteiger partial charge in [-0.3, -0.25) is 4.79 Å². The number of carbonyl (C=O) groups excluding carboxylic acids is 1. The van der Waals surface area contributed by atoms with Crippen molar-refractivity contribution in [2.75, 3.05) is 13.0 Å². The van der Waals surface area contributed by atoms with Crippen LogP contribution in [0.2, 0.25) is 0 Å². The Morgan fingerprint density at radius 2 is 1.60 bits per heavy atom. The van der Waals surface area contributed by atoms with Gasteiger partial charge >= 0.3 is 10.1 Å². The predicted molar refractivity (Wildman–Crippen MR) is 95.9 cm³/mol. The summed E-state index contributed by atoms with van der Waals surface area (Å²) in [5, 5.41) is 0. The maximum Gasteiger partial charge on any atom is 0.339 e. The summed E-state index contributed by atoms with van der Waals surface area (Å²) in [7, 11) is -2.42. The molecule has 2 aromatic carbocycles.